The van der Waals surface area contributed by atoms with E-state index in [1.54, 1.807) is 29.6 Å². The molecule has 1 unspecified atom stereocenters. The first-order chi connectivity index (χ1) is 8.81. The van der Waals surface area contributed by atoms with E-state index in [1.165, 1.54) is 0 Å². The number of urea groups is 1. The van der Waals surface area contributed by atoms with Crippen molar-refractivity contribution in [1.29, 1.82) is 0 Å². The molecular weight excluding hydrogens is 259 g/mol. The fourth-order valence-corrected chi connectivity index (χ4v) is 1.38. The third kappa shape index (κ3) is 5.60. The van der Waals surface area contributed by atoms with Crippen molar-refractivity contribution in [2.45, 2.75) is 19.1 Å². The Hall–Kier alpha value is -1.76. The van der Waals surface area contributed by atoms with E-state index in [1.807, 2.05) is 14.0 Å². The zero-order chi connectivity index (χ0) is 14.5. The van der Waals surface area contributed by atoms with E-state index in [9.17, 15) is 18.0 Å². The summed E-state index contributed by atoms with van der Waals surface area (Å²) in [5.74, 6) is 0. The number of alkyl halides is 3. The van der Waals surface area contributed by atoms with Gasteiger partial charge in [-0.3, -0.25) is 0 Å². The molecule has 7 heteroatoms. The summed E-state index contributed by atoms with van der Waals surface area (Å²) < 4.78 is 35.7. The van der Waals surface area contributed by atoms with Gasteiger partial charge in [-0.05, 0) is 31.7 Å². The van der Waals surface area contributed by atoms with E-state index in [-0.39, 0.29) is 6.04 Å². The Kier molecular flexibility index (Phi) is 5.17. The molecule has 0 aromatic heterocycles. The number of nitrogens with one attached hydrogen (secondary N) is 3. The van der Waals surface area contributed by atoms with Crippen LogP contribution in [0.3, 0.4) is 0 Å². The second-order valence-corrected chi connectivity index (χ2v) is 4.06. The Labute approximate surface area is 109 Å². The summed E-state index contributed by atoms with van der Waals surface area (Å²) in [5.41, 5.74) is 1.45. The molecule has 1 aromatic carbocycles. The zero-order valence-corrected chi connectivity index (χ0v) is 10.6. The second-order valence-electron chi connectivity index (χ2n) is 4.06. The lowest BCUT2D eigenvalue weighted by molar-refractivity contribution is -0.122. The van der Waals surface area contributed by atoms with Crippen LogP contribution >= 0.6 is 0 Å². The first kappa shape index (κ1) is 15.3. The van der Waals surface area contributed by atoms with Crippen molar-refractivity contribution in [1.82, 2.24) is 10.6 Å². The molecule has 19 heavy (non-hydrogen) atoms. The van der Waals surface area contributed by atoms with Crippen molar-refractivity contribution >= 4 is 11.7 Å². The molecule has 0 saturated carbocycles. The second kappa shape index (κ2) is 6.42. The molecule has 1 atom stereocenters. The molecule has 1 aromatic rings. The molecule has 0 saturated heterocycles. The predicted octanol–water partition coefficient (Wildman–Crippen LogP) is 2.65. The van der Waals surface area contributed by atoms with Gasteiger partial charge in [0.05, 0.1) is 0 Å². The summed E-state index contributed by atoms with van der Waals surface area (Å²) in [6.45, 7) is 0.617. The quantitative estimate of drug-likeness (QED) is 0.791. The van der Waals surface area contributed by atoms with Crippen LogP contribution in [0.2, 0.25) is 0 Å². The highest BCUT2D eigenvalue weighted by atomic mass is 19.4. The van der Waals surface area contributed by atoms with Crippen LogP contribution in [0.1, 0.15) is 18.5 Å². The van der Waals surface area contributed by atoms with Gasteiger partial charge in [-0.2, -0.15) is 13.2 Å². The zero-order valence-electron chi connectivity index (χ0n) is 10.6. The summed E-state index contributed by atoms with van der Waals surface area (Å²) >= 11 is 0. The van der Waals surface area contributed by atoms with Crippen LogP contribution in [-0.4, -0.2) is 25.8 Å². The van der Waals surface area contributed by atoms with E-state index < -0.39 is 18.8 Å². The Morgan fingerprint density at radius 1 is 1.26 bits per heavy atom. The third-order valence-corrected chi connectivity index (χ3v) is 2.55. The van der Waals surface area contributed by atoms with Crippen LogP contribution in [0.15, 0.2) is 24.3 Å². The normalized spacial score (nSPS) is 12.9. The highest BCUT2D eigenvalue weighted by Crippen LogP contribution is 2.16. The van der Waals surface area contributed by atoms with Crippen LogP contribution < -0.4 is 16.0 Å². The van der Waals surface area contributed by atoms with Gasteiger partial charge >= 0.3 is 12.2 Å². The van der Waals surface area contributed by atoms with Gasteiger partial charge in [0.2, 0.25) is 0 Å². The predicted molar refractivity (Wildman–Crippen MR) is 67.0 cm³/mol. The molecule has 0 fully saturated rings. The first-order valence-electron chi connectivity index (χ1n) is 5.70. The lowest BCUT2D eigenvalue weighted by Crippen LogP contribution is -2.36. The van der Waals surface area contributed by atoms with Crippen molar-refractivity contribution < 1.29 is 18.0 Å². The number of halogens is 3. The molecule has 1 rings (SSSR count). The average Bonchev–Trinajstić information content (AvgIpc) is 2.35. The summed E-state index contributed by atoms with van der Waals surface area (Å²) in [6.07, 6.45) is -4.41. The van der Waals surface area contributed by atoms with Gasteiger partial charge in [0.15, 0.2) is 0 Å². The van der Waals surface area contributed by atoms with Crippen molar-refractivity contribution in [3.05, 3.63) is 29.8 Å². The Bertz CT molecular complexity index is 417. The van der Waals surface area contributed by atoms with Crippen molar-refractivity contribution in [3.8, 4) is 0 Å². The summed E-state index contributed by atoms with van der Waals surface area (Å²) in [5, 5.41) is 7.11. The number of carbonyl (C=O) groups excluding carboxylic acids is 1. The topological polar surface area (TPSA) is 53.2 Å². The minimum Gasteiger partial charge on any atom is -0.329 e. The number of hydrogen-bond donors (Lipinski definition) is 3. The van der Waals surface area contributed by atoms with Gasteiger partial charge < -0.3 is 16.0 Å². The van der Waals surface area contributed by atoms with Crippen LogP contribution in [0, 0.1) is 0 Å². The van der Waals surface area contributed by atoms with E-state index in [4.69, 9.17) is 0 Å². The van der Waals surface area contributed by atoms with Crippen molar-refractivity contribution in [3.63, 3.8) is 0 Å². The number of hydrogen-bond acceptors (Lipinski definition) is 2. The van der Waals surface area contributed by atoms with Gasteiger partial charge in [-0.1, -0.05) is 12.1 Å². The van der Waals surface area contributed by atoms with Gasteiger partial charge in [0, 0.05) is 11.7 Å². The van der Waals surface area contributed by atoms with Gasteiger partial charge in [-0.15, -0.1) is 0 Å². The van der Waals surface area contributed by atoms with Crippen molar-refractivity contribution in [2.75, 3.05) is 18.9 Å². The molecule has 106 valence electrons. The van der Waals surface area contributed by atoms with E-state index in [0.29, 0.717) is 5.69 Å². The van der Waals surface area contributed by atoms with Crippen LogP contribution in [0.25, 0.3) is 0 Å². The smallest absolute Gasteiger partial charge is 0.329 e. The molecule has 0 bridgehead atoms. The lowest BCUT2D eigenvalue weighted by Gasteiger charge is -2.12. The SMILES string of the molecule is CNC(C)c1ccc(NC(=O)NCC(F)(F)F)cc1. The molecule has 0 aliphatic heterocycles. The monoisotopic (exact) mass is 275 g/mol. The summed E-state index contributed by atoms with van der Waals surface area (Å²) in [6, 6.07) is 6.13. The van der Waals surface area contributed by atoms with E-state index in [2.05, 4.69) is 10.6 Å². The largest absolute Gasteiger partial charge is 0.405 e. The molecular formula is C12H16F3N3O. The van der Waals surface area contributed by atoms with E-state index in [0.717, 1.165) is 5.56 Å². The standard InChI is InChI=1S/C12H16F3N3O/c1-8(16-2)9-3-5-10(6-4-9)18-11(19)17-7-12(13,14)15/h3-6,8,16H,7H2,1-2H3,(H2,17,18,19). The molecule has 4 nitrogen and oxygen atoms in total. The van der Waals surface area contributed by atoms with Crippen LogP contribution in [0.4, 0.5) is 23.7 Å². The average molecular weight is 275 g/mol. The maximum Gasteiger partial charge on any atom is 0.405 e. The minimum absolute atomic E-state index is 0.160. The summed E-state index contributed by atoms with van der Waals surface area (Å²) in [4.78, 5) is 11.2. The number of carbonyl (C=O) groups is 1. The third-order valence-electron chi connectivity index (χ3n) is 2.55. The molecule has 3 N–H and O–H groups in total. The Morgan fingerprint density at radius 2 is 1.84 bits per heavy atom. The number of amides is 2. The maximum atomic E-state index is 11.9. The van der Waals surface area contributed by atoms with Crippen LogP contribution in [0.5, 0.6) is 0 Å². The fourth-order valence-electron chi connectivity index (χ4n) is 1.38. The number of anilines is 1. The molecule has 0 aliphatic rings. The minimum atomic E-state index is -4.41. The molecule has 0 aliphatic carbocycles. The maximum absolute atomic E-state index is 11.9. The Morgan fingerprint density at radius 3 is 2.32 bits per heavy atom. The lowest BCUT2D eigenvalue weighted by atomic mass is 10.1. The number of benzene rings is 1. The number of rotatable bonds is 4. The molecule has 0 spiro atoms. The molecule has 0 heterocycles. The van der Waals surface area contributed by atoms with Gasteiger partial charge in [-0.25, -0.2) is 4.79 Å². The first-order valence-corrected chi connectivity index (χ1v) is 5.70. The highest BCUT2D eigenvalue weighted by molar-refractivity contribution is 5.89. The summed E-state index contributed by atoms with van der Waals surface area (Å²) in [7, 11) is 1.82. The fraction of sp³-hybridized carbons (Fsp3) is 0.417. The van der Waals surface area contributed by atoms with E-state index >= 15 is 0 Å². The van der Waals surface area contributed by atoms with Gasteiger partial charge in [0.1, 0.15) is 6.54 Å². The highest BCUT2D eigenvalue weighted by Gasteiger charge is 2.27. The molecule has 0 radical (unpaired) electrons. The molecule has 2 amide bonds. The Balaban J connectivity index is 2.51. The van der Waals surface area contributed by atoms with Gasteiger partial charge in [0.25, 0.3) is 0 Å². The van der Waals surface area contributed by atoms with Crippen molar-refractivity contribution in [2.24, 2.45) is 0 Å². The van der Waals surface area contributed by atoms with Crippen LogP contribution in [-0.2, 0) is 0 Å².